The monoisotopic (exact) mass is 377 g/mol. The summed E-state index contributed by atoms with van der Waals surface area (Å²) in [5.41, 5.74) is 0. The van der Waals surface area contributed by atoms with Gasteiger partial charge in [-0.05, 0) is 0 Å². The molecule has 80 valence electrons. The van der Waals surface area contributed by atoms with Gasteiger partial charge in [-0.3, -0.25) is 6.08 Å². The van der Waals surface area contributed by atoms with Crippen molar-refractivity contribution in [3.8, 4) is 0 Å². The van der Waals surface area contributed by atoms with E-state index in [-0.39, 0.29) is 35.9 Å². The van der Waals surface area contributed by atoms with Gasteiger partial charge in [0, 0.05) is 0 Å². The molecule has 0 nitrogen and oxygen atoms in total. The fourth-order valence-corrected chi connectivity index (χ4v) is 0.340. The maximum Gasteiger partial charge on any atom is 4.00 e. The van der Waals surface area contributed by atoms with Crippen LogP contribution in [0, 0.1) is 27.5 Å². The van der Waals surface area contributed by atoms with Gasteiger partial charge in [-0.25, -0.2) is 12.2 Å². The van der Waals surface area contributed by atoms with Crippen LogP contribution in [0.2, 0.25) is 19.6 Å². The Bertz CT molecular complexity index is 116. The fraction of sp³-hybridized carbons (Fsp3) is 0.364. The predicted molar refractivity (Wildman–Crippen MR) is 63.1 cm³/mol. The molecule has 0 spiro atoms. The van der Waals surface area contributed by atoms with E-state index in [1.807, 2.05) is 12.2 Å². The second kappa shape index (κ2) is 12.4. The zero-order valence-electron chi connectivity index (χ0n) is 9.46. The summed E-state index contributed by atoms with van der Waals surface area (Å²) in [5.74, 6) is 0. The smallest absolute Gasteiger partial charge is 0.358 e. The van der Waals surface area contributed by atoms with Crippen LogP contribution in [0.1, 0.15) is 6.42 Å². The molecule has 0 aliphatic heterocycles. The topological polar surface area (TPSA) is 0 Å². The first-order valence-electron chi connectivity index (χ1n) is 3.57. The third-order valence-electron chi connectivity index (χ3n) is 0.586. The van der Waals surface area contributed by atoms with E-state index in [0.29, 0.717) is 0 Å². The van der Waals surface area contributed by atoms with Crippen molar-refractivity contribution in [3.63, 3.8) is 0 Å². The van der Waals surface area contributed by atoms with Crippen molar-refractivity contribution in [1.29, 1.82) is 0 Å². The fourth-order valence-electron chi connectivity index (χ4n) is 0.340. The van der Waals surface area contributed by atoms with Gasteiger partial charge in [0.2, 0.25) is 0 Å². The van der Waals surface area contributed by atoms with Crippen molar-refractivity contribution in [2.24, 2.45) is 0 Å². The first-order chi connectivity index (χ1) is 4.50. The van der Waals surface area contributed by atoms with Gasteiger partial charge in [0.05, 0.1) is 0 Å². The van der Waals surface area contributed by atoms with Gasteiger partial charge in [-0.2, -0.15) is 6.08 Å². The minimum atomic E-state index is -0.861. The van der Waals surface area contributed by atoms with Gasteiger partial charge >= 0.3 is 21.1 Å². The Morgan fingerprint density at radius 3 is 1.69 bits per heavy atom. The zero-order chi connectivity index (χ0) is 8.04. The summed E-state index contributed by atoms with van der Waals surface area (Å²) in [7, 11) is -0.861. The summed E-state index contributed by atoms with van der Waals surface area (Å²) < 4.78 is 0. The molecule has 0 aromatic rings. The van der Waals surface area contributed by atoms with E-state index in [2.05, 4.69) is 38.3 Å². The molecular formula is C11H22PtSi. The molecule has 1 rings (SSSR count). The molecule has 13 heavy (non-hydrogen) atoms. The molecule has 0 N–H and O–H groups in total. The zero-order valence-corrected chi connectivity index (χ0v) is 12.7. The first kappa shape index (κ1) is 23.3. The molecule has 0 unspecified atom stereocenters. The van der Waals surface area contributed by atoms with Crippen molar-refractivity contribution in [3.05, 3.63) is 45.7 Å². The summed E-state index contributed by atoms with van der Waals surface area (Å²) in [5, 5.41) is 0. The Labute approximate surface area is 101 Å². The molecule has 1 aliphatic carbocycles. The van der Waals surface area contributed by atoms with E-state index in [1.165, 1.54) is 0 Å². The van der Waals surface area contributed by atoms with Crippen LogP contribution in [-0.4, -0.2) is 8.07 Å². The summed E-state index contributed by atoms with van der Waals surface area (Å²) in [6.07, 6.45) is 10.0. The SMILES string of the molecule is [C-]1=CC=CC1.[CH2-][Si](C)(C)C.[CH3-].[CH3-].[Pt+4]. The Hall–Kier alpha value is 0.385. The molecule has 0 aromatic carbocycles. The Morgan fingerprint density at radius 1 is 1.23 bits per heavy atom. The minimum absolute atomic E-state index is 0. The summed E-state index contributed by atoms with van der Waals surface area (Å²) in [4.78, 5) is 0. The first-order valence-corrected chi connectivity index (χ1v) is 7.28. The normalized spacial score (nSPS) is 11.4. The second-order valence-electron chi connectivity index (χ2n) is 3.56. The molecule has 0 atom stereocenters. The summed E-state index contributed by atoms with van der Waals surface area (Å²) in [6, 6.07) is 0. The summed E-state index contributed by atoms with van der Waals surface area (Å²) in [6.45, 7) is 10.6. The van der Waals surface area contributed by atoms with Crippen LogP contribution >= 0.6 is 0 Å². The molecular weight excluding hydrogens is 355 g/mol. The van der Waals surface area contributed by atoms with E-state index in [9.17, 15) is 0 Å². The van der Waals surface area contributed by atoms with Gasteiger partial charge in [0.1, 0.15) is 0 Å². The molecule has 2 heteroatoms. The van der Waals surface area contributed by atoms with Crippen molar-refractivity contribution in [1.82, 2.24) is 0 Å². The van der Waals surface area contributed by atoms with Crippen LogP contribution in [0.25, 0.3) is 0 Å². The number of hydrogen-bond donors (Lipinski definition) is 0. The molecule has 0 saturated carbocycles. The average Bonchev–Trinajstić information content (AvgIpc) is 2.07. The second-order valence-corrected chi connectivity index (χ2v) is 8.69. The van der Waals surface area contributed by atoms with Crippen molar-refractivity contribution >= 4 is 8.07 Å². The average molecular weight is 377 g/mol. The molecule has 0 radical (unpaired) electrons. The van der Waals surface area contributed by atoms with Gasteiger partial charge in [0.25, 0.3) is 0 Å². The van der Waals surface area contributed by atoms with E-state index < -0.39 is 8.07 Å². The Morgan fingerprint density at radius 2 is 1.62 bits per heavy atom. The van der Waals surface area contributed by atoms with E-state index in [4.69, 9.17) is 0 Å². The molecule has 0 heterocycles. The molecule has 0 fully saturated rings. The number of hydrogen-bond acceptors (Lipinski definition) is 0. The van der Waals surface area contributed by atoms with Crippen molar-refractivity contribution in [2.45, 2.75) is 26.1 Å². The molecule has 0 amide bonds. The third kappa shape index (κ3) is 46.1. The van der Waals surface area contributed by atoms with Crippen LogP contribution in [0.5, 0.6) is 0 Å². The maximum atomic E-state index is 3.91. The van der Waals surface area contributed by atoms with Gasteiger partial charge in [-0.1, -0.05) is 19.6 Å². The van der Waals surface area contributed by atoms with Gasteiger partial charge in [0.15, 0.2) is 0 Å². The Balaban J connectivity index is -0.0000000506. The third-order valence-corrected chi connectivity index (χ3v) is 0.586. The van der Waals surface area contributed by atoms with Gasteiger partial charge < -0.3 is 21.4 Å². The number of rotatable bonds is 0. The molecule has 0 bridgehead atoms. The van der Waals surface area contributed by atoms with Crippen molar-refractivity contribution in [2.75, 3.05) is 0 Å². The van der Waals surface area contributed by atoms with E-state index >= 15 is 0 Å². The summed E-state index contributed by atoms with van der Waals surface area (Å²) >= 11 is 0. The van der Waals surface area contributed by atoms with Crippen LogP contribution in [0.15, 0.2) is 18.2 Å². The van der Waals surface area contributed by atoms with E-state index in [1.54, 1.807) is 0 Å². The van der Waals surface area contributed by atoms with Crippen LogP contribution in [0.3, 0.4) is 0 Å². The molecule has 1 aliphatic rings. The Kier molecular flexibility index (Phi) is 22.2. The minimum Gasteiger partial charge on any atom is -0.358 e. The standard InChI is InChI=1S/C5H5.C4H11Si.2CH3.Pt/c1-2-4-5-3-1;1-5(2,3)4;;;/h1-3H,4H2;1H2,2-4H3;2*1H3;/q4*-1;+4. The predicted octanol–water partition coefficient (Wildman–Crippen LogP) is 3.90. The van der Waals surface area contributed by atoms with Crippen molar-refractivity contribution < 1.29 is 21.1 Å². The number of allylic oxidation sites excluding steroid dienone is 4. The maximum absolute atomic E-state index is 3.91. The van der Waals surface area contributed by atoms with Gasteiger partial charge in [-0.15, -0.1) is 14.5 Å². The van der Waals surface area contributed by atoms with Crippen LogP contribution in [-0.2, 0) is 21.1 Å². The quantitative estimate of drug-likeness (QED) is 0.444. The molecule has 0 aromatic heterocycles. The van der Waals surface area contributed by atoms with E-state index in [0.717, 1.165) is 6.42 Å². The van der Waals surface area contributed by atoms with Crippen LogP contribution < -0.4 is 0 Å². The molecule has 0 saturated heterocycles. The largest absolute Gasteiger partial charge is 4.00 e. The van der Waals surface area contributed by atoms with Crippen LogP contribution in [0.4, 0.5) is 0 Å².